The van der Waals surface area contributed by atoms with Crippen LogP contribution in [-0.2, 0) is 4.79 Å². The maximum absolute atomic E-state index is 11.0. The molecule has 0 aliphatic heterocycles. The summed E-state index contributed by atoms with van der Waals surface area (Å²) in [6, 6.07) is 8.52. The lowest BCUT2D eigenvalue weighted by Gasteiger charge is -2.27. The van der Waals surface area contributed by atoms with Gasteiger partial charge in [-0.2, -0.15) is 0 Å². The summed E-state index contributed by atoms with van der Waals surface area (Å²) in [5.41, 5.74) is 1.96. The Bertz CT molecular complexity index is 409. The van der Waals surface area contributed by atoms with E-state index in [9.17, 15) is 4.79 Å². The van der Waals surface area contributed by atoms with Gasteiger partial charge in [0.25, 0.3) is 0 Å². The number of anilines is 2. The quantitative estimate of drug-likeness (QED) is 0.855. The number of hydrogen-bond acceptors (Lipinski definition) is 2. The van der Waals surface area contributed by atoms with Crippen molar-refractivity contribution in [3.8, 4) is 0 Å². The molecule has 1 saturated carbocycles. The summed E-state index contributed by atoms with van der Waals surface area (Å²) in [6.45, 7) is 3.86. The van der Waals surface area contributed by atoms with Crippen LogP contribution in [0.15, 0.2) is 24.3 Å². The number of amides is 1. The monoisotopic (exact) mass is 246 g/mol. The van der Waals surface area contributed by atoms with Crippen LogP contribution < -0.4 is 10.6 Å². The average molecular weight is 246 g/mol. The zero-order chi connectivity index (χ0) is 13.0. The van der Waals surface area contributed by atoms with Crippen molar-refractivity contribution >= 4 is 17.3 Å². The van der Waals surface area contributed by atoms with Gasteiger partial charge in [0.1, 0.15) is 0 Å². The molecule has 0 atom stereocenters. The fraction of sp³-hybridized carbons (Fsp3) is 0.533. The van der Waals surface area contributed by atoms with Crippen molar-refractivity contribution in [1.29, 1.82) is 0 Å². The third-order valence-electron chi connectivity index (χ3n) is 3.57. The second-order valence-corrected chi connectivity index (χ2v) is 5.36. The highest BCUT2D eigenvalue weighted by Crippen LogP contribution is 2.26. The summed E-state index contributed by atoms with van der Waals surface area (Å²) < 4.78 is 0. The molecule has 0 aromatic heterocycles. The molecule has 3 nitrogen and oxygen atoms in total. The summed E-state index contributed by atoms with van der Waals surface area (Å²) in [5.74, 6) is 0.840. The van der Waals surface area contributed by atoms with E-state index in [0.717, 1.165) is 17.3 Å². The molecule has 1 aromatic rings. The van der Waals surface area contributed by atoms with Crippen molar-refractivity contribution in [2.75, 3.05) is 10.6 Å². The van der Waals surface area contributed by atoms with Gasteiger partial charge in [-0.3, -0.25) is 4.79 Å². The summed E-state index contributed by atoms with van der Waals surface area (Å²) in [4.78, 5) is 11.0. The highest BCUT2D eigenvalue weighted by atomic mass is 16.1. The van der Waals surface area contributed by atoms with Crippen molar-refractivity contribution in [3.05, 3.63) is 24.3 Å². The van der Waals surface area contributed by atoms with Crippen LogP contribution in [0.5, 0.6) is 0 Å². The lowest BCUT2D eigenvalue weighted by molar-refractivity contribution is -0.114. The highest BCUT2D eigenvalue weighted by molar-refractivity contribution is 5.89. The smallest absolute Gasteiger partial charge is 0.221 e. The predicted octanol–water partition coefficient (Wildman–Crippen LogP) is 3.64. The molecule has 1 amide bonds. The Hall–Kier alpha value is -1.51. The van der Waals surface area contributed by atoms with Gasteiger partial charge in [-0.15, -0.1) is 0 Å². The Morgan fingerprint density at radius 1 is 1.17 bits per heavy atom. The molecule has 18 heavy (non-hydrogen) atoms. The number of nitrogens with one attached hydrogen (secondary N) is 2. The first-order chi connectivity index (χ1) is 8.63. The summed E-state index contributed by atoms with van der Waals surface area (Å²) >= 11 is 0. The van der Waals surface area contributed by atoms with Gasteiger partial charge in [0.15, 0.2) is 0 Å². The Kier molecular flexibility index (Phi) is 4.24. The van der Waals surface area contributed by atoms with Crippen LogP contribution in [0.25, 0.3) is 0 Å². The molecule has 2 rings (SSSR count). The summed E-state index contributed by atoms with van der Waals surface area (Å²) in [7, 11) is 0. The second-order valence-electron chi connectivity index (χ2n) is 5.36. The molecule has 0 spiro atoms. The van der Waals surface area contributed by atoms with Crippen LogP contribution in [0.4, 0.5) is 11.4 Å². The number of carbonyl (C=O) groups excluding carboxylic acids is 1. The Balaban J connectivity index is 1.94. The predicted molar refractivity (Wildman–Crippen MR) is 75.8 cm³/mol. The lowest BCUT2D eigenvalue weighted by atomic mass is 9.87. The van der Waals surface area contributed by atoms with Crippen molar-refractivity contribution in [2.24, 2.45) is 5.92 Å². The first-order valence-corrected chi connectivity index (χ1v) is 6.77. The van der Waals surface area contributed by atoms with Crippen LogP contribution in [0.2, 0.25) is 0 Å². The Morgan fingerprint density at radius 3 is 2.50 bits per heavy atom. The van der Waals surface area contributed by atoms with Crippen molar-refractivity contribution in [2.45, 2.75) is 45.6 Å². The molecule has 2 N–H and O–H groups in total. The normalized spacial score (nSPS) is 23.4. The number of carbonyl (C=O) groups is 1. The van der Waals surface area contributed by atoms with E-state index in [0.29, 0.717) is 6.04 Å². The van der Waals surface area contributed by atoms with Gasteiger partial charge < -0.3 is 10.6 Å². The highest BCUT2D eigenvalue weighted by Gasteiger charge is 2.17. The Labute approximate surface area is 109 Å². The minimum atomic E-state index is -0.0290. The fourth-order valence-electron chi connectivity index (χ4n) is 2.53. The SMILES string of the molecule is CC(=O)Nc1cccc(NC2CCC(C)CC2)c1. The van der Waals surface area contributed by atoms with E-state index in [1.54, 1.807) is 0 Å². The van der Waals surface area contributed by atoms with Crippen LogP contribution in [0, 0.1) is 5.92 Å². The molecule has 0 unspecified atom stereocenters. The maximum Gasteiger partial charge on any atom is 0.221 e. The van der Waals surface area contributed by atoms with Gasteiger partial charge in [-0.25, -0.2) is 0 Å². The molecule has 3 heteroatoms. The number of rotatable bonds is 3. The van der Waals surface area contributed by atoms with E-state index in [4.69, 9.17) is 0 Å². The number of hydrogen-bond donors (Lipinski definition) is 2. The van der Waals surface area contributed by atoms with E-state index < -0.39 is 0 Å². The first kappa shape index (κ1) is 12.9. The van der Waals surface area contributed by atoms with Gasteiger partial charge in [-0.1, -0.05) is 13.0 Å². The third kappa shape index (κ3) is 3.76. The zero-order valence-electron chi connectivity index (χ0n) is 11.2. The molecule has 0 heterocycles. The minimum Gasteiger partial charge on any atom is -0.382 e. The van der Waals surface area contributed by atoms with Gasteiger partial charge in [0.05, 0.1) is 0 Å². The van der Waals surface area contributed by atoms with Crippen molar-refractivity contribution in [3.63, 3.8) is 0 Å². The van der Waals surface area contributed by atoms with Gasteiger partial charge in [-0.05, 0) is 49.8 Å². The minimum absolute atomic E-state index is 0.0290. The van der Waals surface area contributed by atoms with E-state index in [1.165, 1.54) is 32.6 Å². The molecule has 1 aromatic carbocycles. The van der Waals surface area contributed by atoms with Gasteiger partial charge in [0, 0.05) is 24.3 Å². The van der Waals surface area contributed by atoms with E-state index in [1.807, 2.05) is 18.2 Å². The lowest BCUT2D eigenvalue weighted by Crippen LogP contribution is -2.25. The Morgan fingerprint density at radius 2 is 1.83 bits per heavy atom. The topological polar surface area (TPSA) is 41.1 Å². The summed E-state index contributed by atoms with van der Waals surface area (Å²) in [6.07, 6.45) is 5.10. The molecule has 1 aliphatic carbocycles. The van der Waals surface area contributed by atoms with Crippen molar-refractivity contribution in [1.82, 2.24) is 0 Å². The summed E-state index contributed by atoms with van der Waals surface area (Å²) in [5, 5.41) is 6.37. The zero-order valence-corrected chi connectivity index (χ0v) is 11.2. The standard InChI is InChI=1S/C15H22N2O/c1-11-6-8-13(9-7-11)17-15-5-3-4-14(10-15)16-12(2)18/h3-5,10-11,13,17H,6-9H2,1-2H3,(H,16,18). The number of benzene rings is 1. The van der Waals surface area contributed by atoms with Crippen molar-refractivity contribution < 1.29 is 4.79 Å². The van der Waals surface area contributed by atoms with Crippen LogP contribution in [0.3, 0.4) is 0 Å². The third-order valence-corrected chi connectivity index (χ3v) is 3.57. The molecule has 98 valence electrons. The molecule has 1 aliphatic rings. The maximum atomic E-state index is 11.0. The largest absolute Gasteiger partial charge is 0.382 e. The average Bonchev–Trinajstić information content (AvgIpc) is 2.32. The van der Waals surface area contributed by atoms with E-state index in [2.05, 4.69) is 23.6 Å². The van der Waals surface area contributed by atoms with Crippen LogP contribution >= 0.6 is 0 Å². The van der Waals surface area contributed by atoms with Crippen LogP contribution in [-0.4, -0.2) is 11.9 Å². The van der Waals surface area contributed by atoms with Gasteiger partial charge >= 0.3 is 0 Å². The molecular formula is C15H22N2O. The van der Waals surface area contributed by atoms with Gasteiger partial charge in [0.2, 0.25) is 5.91 Å². The van der Waals surface area contributed by atoms with E-state index >= 15 is 0 Å². The molecule has 0 saturated heterocycles. The molecule has 0 bridgehead atoms. The molecule has 0 radical (unpaired) electrons. The second kappa shape index (κ2) is 5.89. The molecule has 1 fully saturated rings. The fourth-order valence-corrected chi connectivity index (χ4v) is 2.53. The first-order valence-electron chi connectivity index (χ1n) is 6.77. The molecular weight excluding hydrogens is 224 g/mol. The van der Waals surface area contributed by atoms with E-state index in [-0.39, 0.29) is 5.91 Å². The van der Waals surface area contributed by atoms with Crippen LogP contribution in [0.1, 0.15) is 39.5 Å².